The van der Waals surface area contributed by atoms with E-state index in [9.17, 15) is 9.18 Å². The molecular weight excluding hydrogens is 343 g/mol. The fraction of sp³-hybridized carbons (Fsp3) is 0.364. The Labute approximate surface area is 158 Å². The van der Waals surface area contributed by atoms with Gasteiger partial charge in [0.15, 0.2) is 5.78 Å². The van der Waals surface area contributed by atoms with Crippen LogP contribution < -0.4 is 0 Å². The minimum Gasteiger partial charge on any atom is -0.378 e. The van der Waals surface area contributed by atoms with Crippen molar-refractivity contribution in [2.24, 2.45) is 5.92 Å². The number of hydrogen-bond acceptors (Lipinski definition) is 4. The molecule has 4 nitrogen and oxygen atoms in total. The zero-order valence-corrected chi connectivity index (χ0v) is 15.0. The highest BCUT2D eigenvalue weighted by Gasteiger charge is 2.41. The fourth-order valence-corrected chi connectivity index (χ4v) is 4.29. The van der Waals surface area contributed by atoms with E-state index in [2.05, 4.69) is 17.0 Å². The summed E-state index contributed by atoms with van der Waals surface area (Å²) >= 11 is 0. The maximum atomic E-state index is 13.7. The second-order valence-corrected chi connectivity index (χ2v) is 7.38. The monoisotopic (exact) mass is 364 g/mol. The number of ether oxygens (including phenoxy) is 1. The minimum atomic E-state index is -0.539. The summed E-state index contributed by atoms with van der Waals surface area (Å²) in [6.07, 6.45) is 1.39. The summed E-state index contributed by atoms with van der Waals surface area (Å²) in [5.74, 6) is -0.769. The Balaban J connectivity index is 1.52. The topological polar surface area (TPSA) is 53.3 Å². The van der Waals surface area contributed by atoms with Crippen LogP contribution in [0.1, 0.15) is 34.3 Å². The lowest BCUT2D eigenvalue weighted by atomic mass is 9.80. The van der Waals surface area contributed by atoms with Crippen LogP contribution in [0.4, 0.5) is 4.39 Å². The van der Waals surface area contributed by atoms with Gasteiger partial charge < -0.3 is 4.74 Å². The lowest BCUT2D eigenvalue weighted by Gasteiger charge is -2.48. The maximum Gasteiger partial charge on any atom is 0.166 e. The van der Waals surface area contributed by atoms with E-state index in [-0.39, 0.29) is 29.3 Å². The Morgan fingerprint density at radius 2 is 1.85 bits per heavy atom. The number of carbonyl (C=O) groups is 1. The van der Waals surface area contributed by atoms with Gasteiger partial charge in [0.05, 0.1) is 24.8 Å². The first-order valence-electron chi connectivity index (χ1n) is 9.26. The van der Waals surface area contributed by atoms with Gasteiger partial charge in [-0.05, 0) is 36.6 Å². The predicted octanol–water partition coefficient (Wildman–Crippen LogP) is 3.56. The zero-order valence-electron chi connectivity index (χ0n) is 15.0. The number of nitrogens with zero attached hydrogens (tertiary/aromatic N) is 2. The molecule has 0 radical (unpaired) electrons. The Hall–Kier alpha value is -2.55. The second-order valence-electron chi connectivity index (χ2n) is 7.38. The highest BCUT2D eigenvalue weighted by atomic mass is 19.1. The number of carbonyl (C=O) groups excluding carboxylic acids is 1. The number of piperidine rings is 1. The molecule has 27 heavy (non-hydrogen) atoms. The van der Waals surface area contributed by atoms with Crippen LogP contribution in [0.15, 0.2) is 48.5 Å². The minimum absolute atomic E-state index is 0.0674. The van der Waals surface area contributed by atoms with Gasteiger partial charge in [-0.25, -0.2) is 4.39 Å². The molecule has 4 rings (SSSR count). The van der Waals surface area contributed by atoms with Gasteiger partial charge in [-0.15, -0.1) is 0 Å². The first-order valence-corrected chi connectivity index (χ1v) is 9.26. The number of nitriles is 1. The summed E-state index contributed by atoms with van der Waals surface area (Å²) in [4.78, 5) is 15.4. The molecule has 0 N–H and O–H groups in total. The van der Waals surface area contributed by atoms with Crippen molar-refractivity contribution in [2.45, 2.75) is 31.5 Å². The SMILES string of the molecule is N#Cc1cc(F)cc(C(=O)C2CC3COCC(C2)N3Cc2ccccc2)c1. The Morgan fingerprint density at radius 3 is 2.52 bits per heavy atom. The first-order chi connectivity index (χ1) is 13.1. The third-order valence-corrected chi connectivity index (χ3v) is 5.56. The molecule has 0 spiro atoms. The molecule has 2 aliphatic rings. The molecule has 2 aliphatic heterocycles. The van der Waals surface area contributed by atoms with Crippen LogP contribution in [-0.4, -0.2) is 36.0 Å². The summed E-state index contributed by atoms with van der Waals surface area (Å²) < 4.78 is 19.5. The number of halogens is 1. The van der Waals surface area contributed by atoms with Crippen molar-refractivity contribution in [3.63, 3.8) is 0 Å². The van der Waals surface area contributed by atoms with Crippen LogP contribution in [0.2, 0.25) is 0 Å². The van der Waals surface area contributed by atoms with Crippen LogP contribution in [0.3, 0.4) is 0 Å². The van der Waals surface area contributed by atoms with Crippen molar-refractivity contribution in [1.29, 1.82) is 5.26 Å². The van der Waals surface area contributed by atoms with Crippen molar-refractivity contribution in [2.75, 3.05) is 13.2 Å². The third kappa shape index (κ3) is 3.78. The third-order valence-electron chi connectivity index (χ3n) is 5.56. The number of hydrogen-bond donors (Lipinski definition) is 0. The fourth-order valence-electron chi connectivity index (χ4n) is 4.29. The zero-order chi connectivity index (χ0) is 18.8. The molecule has 2 atom stereocenters. The number of rotatable bonds is 4. The molecule has 0 saturated carbocycles. The van der Waals surface area contributed by atoms with Gasteiger partial charge in [-0.2, -0.15) is 5.26 Å². The Morgan fingerprint density at radius 1 is 1.15 bits per heavy atom. The summed E-state index contributed by atoms with van der Waals surface area (Å²) in [6.45, 7) is 2.07. The molecule has 0 aromatic heterocycles. The van der Waals surface area contributed by atoms with Gasteiger partial charge in [0, 0.05) is 30.1 Å². The Kier molecular flexibility index (Phi) is 5.02. The van der Waals surface area contributed by atoms with E-state index >= 15 is 0 Å². The van der Waals surface area contributed by atoms with E-state index in [4.69, 9.17) is 10.00 Å². The number of fused-ring (bicyclic) bond motifs is 2. The van der Waals surface area contributed by atoms with Crippen molar-refractivity contribution in [3.05, 3.63) is 71.0 Å². The maximum absolute atomic E-state index is 13.7. The number of benzene rings is 2. The van der Waals surface area contributed by atoms with Crippen molar-refractivity contribution in [1.82, 2.24) is 4.90 Å². The summed E-state index contributed by atoms with van der Waals surface area (Å²) in [5, 5.41) is 9.03. The van der Waals surface area contributed by atoms with Crippen LogP contribution in [0.25, 0.3) is 0 Å². The van der Waals surface area contributed by atoms with Crippen LogP contribution in [-0.2, 0) is 11.3 Å². The smallest absolute Gasteiger partial charge is 0.166 e. The number of morpholine rings is 1. The van der Waals surface area contributed by atoms with Crippen molar-refractivity contribution >= 4 is 5.78 Å². The summed E-state index contributed by atoms with van der Waals surface area (Å²) in [7, 11) is 0. The predicted molar refractivity (Wildman–Crippen MR) is 98.5 cm³/mol. The van der Waals surface area contributed by atoms with Gasteiger partial charge in [-0.1, -0.05) is 30.3 Å². The van der Waals surface area contributed by atoms with Gasteiger partial charge in [0.25, 0.3) is 0 Å². The number of Topliss-reactive ketones (excluding diaryl/α,β-unsaturated/α-hetero) is 1. The summed E-state index contributed by atoms with van der Waals surface area (Å²) in [6, 6.07) is 16.5. The Bertz CT molecular complexity index is 864. The molecular formula is C22H21FN2O2. The van der Waals surface area contributed by atoms with E-state index in [0.717, 1.165) is 12.6 Å². The first kappa shape index (κ1) is 17.8. The lowest BCUT2D eigenvalue weighted by Crippen LogP contribution is -2.57. The molecule has 2 unspecified atom stereocenters. The van der Waals surface area contributed by atoms with E-state index in [1.165, 1.54) is 17.7 Å². The van der Waals surface area contributed by atoms with Gasteiger partial charge in [-0.3, -0.25) is 9.69 Å². The molecule has 2 aromatic rings. The second kappa shape index (κ2) is 7.59. The van der Waals surface area contributed by atoms with Crippen LogP contribution in [0.5, 0.6) is 0 Å². The van der Waals surface area contributed by atoms with E-state index < -0.39 is 5.82 Å². The molecule has 138 valence electrons. The molecule has 0 amide bonds. The molecule has 0 aliphatic carbocycles. The molecule has 2 aromatic carbocycles. The molecule has 2 fully saturated rings. The van der Waals surface area contributed by atoms with E-state index in [0.29, 0.717) is 31.6 Å². The van der Waals surface area contributed by atoms with Crippen LogP contribution >= 0.6 is 0 Å². The van der Waals surface area contributed by atoms with Crippen molar-refractivity contribution < 1.29 is 13.9 Å². The quantitative estimate of drug-likeness (QED) is 0.779. The highest BCUT2D eigenvalue weighted by molar-refractivity contribution is 5.98. The molecule has 2 bridgehead atoms. The average Bonchev–Trinajstić information content (AvgIpc) is 2.67. The van der Waals surface area contributed by atoms with Crippen LogP contribution in [0, 0.1) is 23.1 Å². The molecule has 5 heteroatoms. The van der Waals surface area contributed by atoms with Gasteiger partial charge >= 0.3 is 0 Å². The highest BCUT2D eigenvalue weighted by Crippen LogP contribution is 2.34. The van der Waals surface area contributed by atoms with Crippen molar-refractivity contribution in [3.8, 4) is 6.07 Å². The average molecular weight is 364 g/mol. The normalized spacial score (nSPS) is 25.0. The van der Waals surface area contributed by atoms with Gasteiger partial charge in [0.1, 0.15) is 5.82 Å². The molecule has 2 saturated heterocycles. The largest absolute Gasteiger partial charge is 0.378 e. The molecule has 2 heterocycles. The summed E-state index contributed by atoms with van der Waals surface area (Å²) in [5.41, 5.74) is 1.73. The number of ketones is 1. The van der Waals surface area contributed by atoms with Gasteiger partial charge in [0.2, 0.25) is 0 Å². The van der Waals surface area contributed by atoms with E-state index in [1.54, 1.807) is 0 Å². The van der Waals surface area contributed by atoms with E-state index in [1.807, 2.05) is 24.3 Å². The standard InChI is InChI=1S/C22H21FN2O2/c23-19-7-16(11-24)6-17(8-19)22(26)18-9-20-13-27-14-21(10-18)25(20)12-15-4-2-1-3-5-15/h1-8,18,20-21H,9-10,12-14H2. The lowest BCUT2D eigenvalue weighted by molar-refractivity contribution is -0.0872.